The second-order valence-electron chi connectivity index (χ2n) is 2.96. The molecule has 1 heterocycles. The van der Waals surface area contributed by atoms with Crippen molar-refractivity contribution in [1.82, 2.24) is 4.98 Å². The number of benzene rings is 1. The van der Waals surface area contributed by atoms with Gasteiger partial charge in [0.05, 0.1) is 24.8 Å². The zero-order valence-corrected chi connectivity index (χ0v) is 11.0. The van der Waals surface area contributed by atoms with Gasteiger partial charge in [-0.2, -0.15) is 0 Å². The topological polar surface area (TPSA) is 12.9 Å². The lowest BCUT2D eigenvalue weighted by atomic mass is 10.2. The van der Waals surface area contributed by atoms with Gasteiger partial charge in [-0.3, -0.25) is 4.98 Å². The van der Waals surface area contributed by atoms with Crippen molar-refractivity contribution in [1.29, 1.82) is 0 Å². The molecule has 0 radical (unpaired) electrons. The molecule has 0 atom stereocenters. The number of halogens is 3. The lowest BCUT2D eigenvalue weighted by molar-refractivity contribution is 1.23. The molecule has 1 nitrogen and oxygen atoms in total. The first-order valence-electron chi connectivity index (χ1n) is 4.01. The van der Waals surface area contributed by atoms with Crippen molar-refractivity contribution in [3.63, 3.8) is 0 Å². The number of hydrogen-bond donors (Lipinski definition) is 0. The van der Waals surface area contributed by atoms with E-state index in [0.29, 0.717) is 5.02 Å². The molecule has 0 saturated heterocycles. The first-order chi connectivity index (χ1) is 6.61. The van der Waals surface area contributed by atoms with E-state index in [0.717, 1.165) is 25.2 Å². The van der Waals surface area contributed by atoms with Crippen LogP contribution in [0, 0.1) is 10.5 Å². The lowest BCUT2D eigenvalue weighted by Crippen LogP contribution is -1.90. The molecule has 4 heteroatoms. The van der Waals surface area contributed by atoms with E-state index in [1.54, 1.807) is 0 Å². The van der Waals surface area contributed by atoms with E-state index in [4.69, 9.17) is 23.2 Å². The highest BCUT2D eigenvalue weighted by atomic mass is 127. The van der Waals surface area contributed by atoms with E-state index < -0.39 is 0 Å². The molecule has 1 aromatic heterocycles. The number of aryl methyl sites for hydroxylation is 1. The fourth-order valence-electron chi connectivity index (χ4n) is 1.30. The van der Waals surface area contributed by atoms with E-state index in [1.807, 2.05) is 25.1 Å². The van der Waals surface area contributed by atoms with Gasteiger partial charge < -0.3 is 0 Å². The second kappa shape index (κ2) is 3.83. The van der Waals surface area contributed by atoms with Crippen molar-refractivity contribution < 1.29 is 0 Å². The highest BCUT2D eigenvalue weighted by molar-refractivity contribution is 14.1. The minimum absolute atomic E-state index is 0.643. The van der Waals surface area contributed by atoms with Crippen LogP contribution in [0.1, 0.15) is 5.69 Å². The molecule has 1 aromatic carbocycles. The van der Waals surface area contributed by atoms with Crippen molar-refractivity contribution in [2.45, 2.75) is 6.92 Å². The van der Waals surface area contributed by atoms with Gasteiger partial charge in [-0.15, -0.1) is 0 Å². The highest BCUT2D eigenvalue weighted by Crippen LogP contribution is 2.32. The number of nitrogens with zero attached hydrogens (tertiary/aromatic N) is 1. The van der Waals surface area contributed by atoms with Gasteiger partial charge >= 0.3 is 0 Å². The van der Waals surface area contributed by atoms with Crippen LogP contribution in [0.4, 0.5) is 0 Å². The second-order valence-corrected chi connectivity index (χ2v) is 4.83. The molecule has 0 amide bonds. The molecule has 0 saturated carbocycles. The van der Waals surface area contributed by atoms with Crippen LogP contribution < -0.4 is 0 Å². The molecular weight excluding hydrogens is 332 g/mol. The average molecular weight is 338 g/mol. The zero-order valence-electron chi connectivity index (χ0n) is 7.31. The molecule has 0 N–H and O–H groups in total. The number of fused-ring (bicyclic) bond motifs is 1. The highest BCUT2D eigenvalue weighted by Gasteiger charge is 2.09. The molecule has 72 valence electrons. The average Bonchev–Trinajstić information content (AvgIpc) is 2.17. The minimum atomic E-state index is 0.643. The maximum absolute atomic E-state index is 6.20. The van der Waals surface area contributed by atoms with E-state index >= 15 is 0 Å². The molecule has 0 aliphatic rings. The Labute approximate surface area is 106 Å². The van der Waals surface area contributed by atoms with Crippen molar-refractivity contribution in [2.75, 3.05) is 0 Å². The van der Waals surface area contributed by atoms with Gasteiger partial charge in [0.25, 0.3) is 0 Å². The third kappa shape index (κ3) is 1.59. The predicted molar refractivity (Wildman–Crippen MR) is 69.2 cm³/mol. The largest absolute Gasteiger partial charge is 0.250 e. The first kappa shape index (κ1) is 10.5. The molecule has 0 unspecified atom stereocenters. The standard InChI is InChI=1S/C10H6Cl2IN/c1-5-9(13)8(12)6-3-2-4-7(11)10(6)14-5/h2-4H,1H3. The molecule has 2 rings (SSSR count). The zero-order chi connectivity index (χ0) is 10.3. The summed E-state index contributed by atoms with van der Waals surface area (Å²) in [5.74, 6) is 0. The Balaban J connectivity index is 2.98. The van der Waals surface area contributed by atoms with Crippen LogP contribution in [0.2, 0.25) is 10.0 Å². The minimum Gasteiger partial charge on any atom is -0.250 e. The van der Waals surface area contributed by atoms with Crippen molar-refractivity contribution in [3.8, 4) is 0 Å². The summed E-state index contributed by atoms with van der Waals surface area (Å²) in [6.07, 6.45) is 0. The van der Waals surface area contributed by atoms with E-state index in [2.05, 4.69) is 27.6 Å². The fourth-order valence-corrected chi connectivity index (χ4v) is 2.22. The summed E-state index contributed by atoms with van der Waals surface area (Å²) in [5.41, 5.74) is 1.69. The third-order valence-electron chi connectivity index (χ3n) is 2.01. The Hall–Kier alpha value is -0.0600. The van der Waals surface area contributed by atoms with Crippen molar-refractivity contribution >= 4 is 56.7 Å². The number of rotatable bonds is 0. The van der Waals surface area contributed by atoms with Gasteiger partial charge in [-0.1, -0.05) is 35.3 Å². The number of hydrogen-bond acceptors (Lipinski definition) is 1. The predicted octanol–water partition coefficient (Wildman–Crippen LogP) is 4.45. The summed E-state index contributed by atoms with van der Waals surface area (Å²) in [5, 5.41) is 2.29. The molecule has 0 bridgehead atoms. The normalized spacial score (nSPS) is 10.9. The fraction of sp³-hybridized carbons (Fsp3) is 0.100. The summed E-state index contributed by atoms with van der Waals surface area (Å²) in [7, 11) is 0. The van der Waals surface area contributed by atoms with Crippen LogP contribution in [0.15, 0.2) is 18.2 Å². The Morgan fingerprint density at radius 3 is 2.71 bits per heavy atom. The summed E-state index contributed by atoms with van der Waals surface area (Å²) in [4.78, 5) is 4.41. The molecule has 14 heavy (non-hydrogen) atoms. The van der Waals surface area contributed by atoms with Crippen LogP contribution in [0.5, 0.6) is 0 Å². The van der Waals surface area contributed by atoms with E-state index in [1.165, 1.54) is 0 Å². The van der Waals surface area contributed by atoms with Gasteiger partial charge in [0, 0.05) is 5.39 Å². The summed E-state index contributed by atoms with van der Waals surface area (Å²) < 4.78 is 0.985. The van der Waals surface area contributed by atoms with Crippen LogP contribution in [0.3, 0.4) is 0 Å². The summed E-state index contributed by atoms with van der Waals surface area (Å²) in [6, 6.07) is 5.63. The SMILES string of the molecule is Cc1nc2c(Cl)cccc2c(Cl)c1I. The van der Waals surface area contributed by atoms with Gasteiger partial charge in [0.15, 0.2) is 0 Å². The van der Waals surface area contributed by atoms with Crippen LogP contribution in [-0.4, -0.2) is 4.98 Å². The third-order valence-corrected chi connectivity index (χ3v) is 4.35. The van der Waals surface area contributed by atoms with E-state index in [-0.39, 0.29) is 0 Å². The number of aromatic nitrogens is 1. The van der Waals surface area contributed by atoms with Crippen molar-refractivity contribution in [2.24, 2.45) is 0 Å². The Morgan fingerprint density at radius 1 is 1.29 bits per heavy atom. The van der Waals surface area contributed by atoms with E-state index in [9.17, 15) is 0 Å². The molecular formula is C10H6Cl2IN. The number of pyridine rings is 1. The monoisotopic (exact) mass is 337 g/mol. The molecule has 0 fully saturated rings. The molecule has 0 aliphatic carbocycles. The van der Waals surface area contributed by atoms with Gasteiger partial charge in [-0.25, -0.2) is 0 Å². The Bertz CT molecular complexity index is 511. The van der Waals surface area contributed by atoms with Gasteiger partial charge in [-0.05, 0) is 35.6 Å². The van der Waals surface area contributed by atoms with Gasteiger partial charge in [0.2, 0.25) is 0 Å². The molecule has 0 aliphatic heterocycles. The van der Waals surface area contributed by atoms with Crippen LogP contribution >= 0.6 is 45.8 Å². The first-order valence-corrected chi connectivity index (χ1v) is 5.84. The van der Waals surface area contributed by atoms with Crippen LogP contribution in [-0.2, 0) is 0 Å². The molecule has 2 aromatic rings. The Morgan fingerprint density at radius 2 is 2.00 bits per heavy atom. The van der Waals surface area contributed by atoms with Crippen LogP contribution in [0.25, 0.3) is 10.9 Å². The summed E-state index contributed by atoms with van der Waals surface area (Å²) >= 11 is 14.4. The molecule has 0 spiro atoms. The maximum Gasteiger partial charge on any atom is 0.0907 e. The maximum atomic E-state index is 6.20. The van der Waals surface area contributed by atoms with Gasteiger partial charge in [0.1, 0.15) is 0 Å². The Kier molecular flexibility index (Phi) is 2.86. The quantitative estimate of drug-likeness (QED) is 0.647. The van der Waals surface area contributed by atoms with Crippen molar-refractivity contribution in [3.05, 3.63) is 37.5 Å². The number of para-hydroxylation sites is 1. The lowest BCUT2D eigenvalue weighted by Gasteiger charge is -2.06. The smallest absolute Gasteiger partial charge is 0.0907 e. The summed E-state index contributed by atoms with van der Waals surface area (Å²) in [6.45, 7) is 1.93.